The Hall–Kier alpha value is -2.58. The van der Waals surface area contributed by atoms with Crippen LogP contribution < -0.4 is 27.8 Å². The molecule has 0 radical (unpaired) electrons. The van der Waals surface area contributed by atoms with Crippen LogP contribution in [-0.4, -0.2) is 27.2 Å². The van der Waals surface area contributed by atoms with Gasteiger partial charge in [0.05, 0.1) is 16.8 Å². The van der Waals surface area contributed by atoms with Gasteiger partial charge in [-0.25, -0.2) is 10.2 Å². The molecule has 2 heterocycles. The first-order valence-electron chi connectivity index (χ1n) is 5.59. The molecule has 1 unspecified atom stereocenters. The Labute approximate surface area is 108 Å². The van der Waals surface area contributed by atoms with Crippen molar-refractivity contribution in [2.45, 2.75) is 25.8 Å². The second kappa shape index (κ2) is 4.26. The van der Waals surface area contributed by atoms with Gasteiger partial charge in [0.15, 0.2) is 0 Å². The van der Waals surface area contributed by atoms with Crippen LogP contribution in [-0.2, 0) is 6.42 Å². The van der Waals surface area contributed by atoms with Gasteiger partial charge in [-0.1, -0.05) is 0 Å². The zero-order valence-electron chi connectivity index (χ0n) is 10.6. The fourth-order valence-corrected chi connectivity index (χ4v) is 1.92. The van der Waals surface area contributed by atoms with Crippen molar-refractivity contribution in [3.63, 3.8) is 0 Å². The largest absolute Gasteiger partial charge is 0.369 e. The van der Waals surface area contributed by atoms with Crippen molar-refractivity contribution in [1.82, 2.24) is 15.4 Å². The Morgan fingerprint density at radius 2 is 2.26 bits per heavy atom. The second-order valence-corrected chi connectivity index (χ2v) is 4.59. The molecule has 1 aromatic rings. The number of primary amides is 1. The van der Waals surface area contributed by atoms with Crippen molar-refractivity contribution in [1.29, 1.82) is 0 Å². The molecule has 2 rings (SSSR count). The van der Waals surface area contributed by atoms with Gasteiger partial charge in [0.1, 0.15) is 5.82 Å². The van der Waals surface area contributed by atoms with E-state index in [1.807, 2.05) is 6.92 Å². The number of carbonyl (C=O) groups excluding carboxylic acids is 1. The molecular formula is C10H15N7O2. The Kier molecular flexibility index (Phi) is 2.89. The lowest BCUT2D eigenvalue weighted by Crippen LogP contribution is -2.42. The molecule has 0 bridgehead atoms. The van der Waals surface area contributed by atoms with E-state index in [9.17, 15) is 9.59 Å². The van der Waals surface area contributed by atoms with E-state index in [4.69, 9.17) is 11.5 Å². The van der Waals surface area contributed by atoms with Gasteiger partial charge in [-0.3, -0.25) is 9.78 Å². The number of nitrogens with one attached hydrogen (secondary N) is 3. The number of H-pyrrole nitrogens is 1. The van der Waals surface area contributed by atoms with Gasteiger partial charge in [0.2, 0.25) is 5.95 Å². The number of nitrogens with two attached hydrogens (primary N) is 2. The first-order chi connectivity index (χ1) is 8.82. The minimum atomic E-state index is -0.751. The van der Waals surface area contributed by atoms with E-state index >= 15 is 0 Å². The van der Waals surface area contributed by atoms with E-state index in [1.165, 1.54) is 0 Å². The number of carbonyl (C=O) groups is 1. The van der Waals surface area contributed by atoms with E-state index in [-0.39, 0.29) is 11.5 Å². The molecule has 1 atom stereocenters. The first kappa shape index (κ1) is 12.9. The summed E-state index contributed by atoms with van der Waals surface area (Å²) in [6, 6.07) is -0.751. The monoisotopic (exact) mass is 265 g/mol. The van der Waals surface area contributed by atoms with Crippen molar-refractivity contribution in [2.75, 3.05) is 11.1 Å². The molecule has 1 aliphatic rings. The fraction of sp³-hybridized carbons (Fsp3) is 0.400. The summed E-state index contributed by atoms with van der Waals surface area (Å²) in [5.74, 6) is 0.475. The number of anilines is 2. The van der Waals surface area contributed by atoms with Gasteiger partial charge >= 0.3 is 6.03 Å². The molecule has 9 nitrogen and oxygen atoms in total. The number of amides is 2. The average molecular weight is 265 g/mol. The molecule has 7 N–H and O–H groups in total. The summed E-state index contributed by atoms with van der Waals surface area (Å²) in [5, 5.41) is 6.95. The van der Waals surface area contributed by atoms with E-state index in [2.05, 4.69) is 25.8 Å². The number of hydrogen-bond donors (Lipinski definition) is 5. The Morgan fingerprint density at radius 3 is 2.89 bits per heavy atom. The van der Waals surface area contributed by atoms with Gasteiger partial charge < -0.3 is 16.8 Å². The van der Waals surface area contributed by atoms with Crippen LogP contribution in [0.2, 0.25) is 0 Å². The summed E-state index contributed by atoms with van der Waals surface area (Å²) < 4.78 is 0. The van der Waals surface area contributed by atoms with Crippen molar-refractivity contribution in [2.24, 2.45) is 10.8 Å². The van der Waals surface area contributed by atoms with Crippen LogP contribution in [0.25, 0.3) is 0 Å². The van der Waals surface area contributed by atoms with Crippen LogP contribution in [0.3, 0.4) is 0 Å². The maximum absolute atomic E-state index is 11.8. The molecule has 1 aromatic heterocycles. The third-order valence-corrected chi connectivity index (χ3v) is 3.09. The summed E-state index contributed by atoms with van der Waals surface area (Å²) >= 11 is 0. The van der Waals surface area contributed by atoms with Crippen LogP contribution in [0.5, 0.6) is 0 Å². The number of hydrogen-bond acceptors (Lipinski definition) is 6. The van der Waals surface area contributed by atoms with Crippen molar-refractivity contribution in [3.8, 4) is 0 Å². The highest BCUT2D eigenvalue weighted by Gasteiger charge is 2.38. The average Bonchev–Trinajstić information content (AvgIpc) is 2.64. The maximum Gasteiger partial charge on any atom is 0.332 e. The predicted molar refractivity (Wildman–Crippen MR) is 70.8 cm³/mol. The number of fused-ring (bicyclic) bond motifs is 1. The highest BCUT2D eigenvalue weighted by molar-refractivity contribution is 5.96. The molecule has 0 aromatic carbocycles. The van der Waals surface area contributed by atoms with E-state index in [0.29, 0.717) is 23.5 Å². The minimum Gasteiger partial charge on any atom is -0.369 e. The zero-order chi connectivity index (χ0) is 14.2. The lowest BCUT2D eigenvalue weighted by Gasteiger charge is -2.24. The standard InChI is InChI=1S/C10H15N7O2/c1-4(16-17-9(12)19)10(2)3-5-6(15-10)13-8(11)14-7(5)18/h3H2,1-2H3,(H3,12,17,19)(H4,11,13,14,15,18)/b16-4-. The van der Waals surface area contributed by atoms with Gasteiger partial charge in [-0.2, -0.15) is 10.1 Å². The van der Waals surface area contributed by atoms with Gasteiger partial charge in [0, 0.05) is 6.42 Å². The highest BCUT2D eigenvalue weighted by atomic mass is 16.2. The van der Waals surface area contributed by atoms with Gasteiger partial charge in [-0.15, -0.1) is 0 Å². The molecule has 0 fully saturated rings. The lowest BCUT2D eigenvalue weighted by molar-refractivity contribution is 0.249. The SMILES string of the molecule is C/C(=N/NC(N)=O)C1(C)Cc2c(nc(N)[nH]c2=O)N1. The summed E-state index contributed by atoms with van der Waals surface area (Å²) in [6.45, 7) is 3.55. The van der Waals surface area contributed by atoms with Crippen LogP contribution in [0.4, 0.5) is 16.6 Å². The van der Waals surface area contributed by atoms with Gasteiger partial charge in [-0.05, 0) is 13.8 Å². The van der Waals surface area contributed by atoms with Crippen LogP contribution in [0.15, 0.2) is 9.90 Å². The number of rotatable bonds is 2. The molecule has 0 spiro atoms. The summed E-state index contributed by atoms with van der Waals surface area (Å²) in [6.07, 6.45) is 0.390. The molecule has 0 saturated heterocycles. The van der Waals surface area contributed by atoms with Crippen LogP contribution >= 0.6 is 0 Å². The molecule has 0 aliphatic carbocycles. The van der Waals surface area contributed by atoms with E-state index in [0.717, 1.165) is 0 Å². The van der Waals surface area contributed by atoms with E-state index in [1.54, 1.807) is 6.92 Å². The molecule has 9 heteroatoms. The molecular weight excluding hydrogens is 250 g/mol. The molecule has 102 valence electrons. The Morgan fingerprint density at radius 1 is 1.58 bits per heavy atom. The fourth-order valence-electron chi connectivity index (χ4n) is 1.92. The normalized spacial score (nSPS) is 21.7. The number of nitrogen functional groups attached to an aromatic ring is 1. The summed E-state index contributed by atoms with van der Waals surface area (Å²) in [5.41, 5.74) is 12.8. The first-order valence-corrected chi connectivity index (χ1v) is 5.59. The Bertz CT molecular complexity index is 621. The topological polar surface area (TPSA) is 151 Å². The van der Waals surface area contributed by atoms with E-state index < -0.39 is 11.6 Å². The van der Waals surface area contributed by atoms with Crippen LogP contribution in [0, 0.1) is 0 Å². The second-order valence-electron chi connectivity index (χ2n) is 4.59. The maximum atomic E-state index is 11.8. The third-order valence-electron chi connectivity index (χ3n) is 3.09. The van der Waals surface area contributed by atoms with Crippen molar-refractivity contribution >= 4 is 23.5 Å². The number of nitrogens with zero attached hydrogens (tertiary/aromatic N) is 2. The number of hydrazone groups is 1. The van der Waals surface area contributed by atoms with Crippen LogP contribution in [0.1, 0.15) is 19.4 Å². The van der Waals surface area contributed by atoms with Crippen molar-refractivity contribution in [3.05, 3.63) is 15.9 Å². The number of aromatic nitrogens is 2. The highest BCUT2D eigenvalue weighted by Crippen LogP contribution is 2.29. The lowest BCUT2D eigenvalue weighted by atomic mass is 9.93. The number of aromatic amines is 1. The Balaban J connectivity index is 2.32. The van der Waals surface area contributed by atoms with Gasteiger partial charge in [0.25, 0.3) is 5.56 Å². The summed E-state index contributed by atoms with van der Waals surface area (Å²) in [7, 11) is 0. The number of urea groups is 1. The van der Waals surface area contributed by atoms with Crippen molar-refractivity contribution < 1.29 is 4.79 Å². The smallest absolute Gasteiger partial charge is 0.332 e. The quantitative estimate of drug-likeness (QED) is 0.347. The minimum absolute atomic E-state index is 0.0466. The third kappa shape index (κ3) is 2.34. The molecule has 0 saturated carbocycles. The summed E-state index contributed by atoms with van der Waals surface area (Å²) in [4.78, 5) is 28.9. The molecule has 1 aliphatic heterocycles. The zero-order valence-corrected chi connectivity index (χ0v) is 10.6. The molecule has 19 heavy (non-hydrogen) atoms. The predicted octanol–water partition coefficient (Wildman–Crippen LogP) is -0.877. The molecule has 2 amide bonds.